The fourth-order valence-electron chi connectivity index (χ4n) is 1.63. The highest BCUT2D eigenvalue weighted by Crippen LogP contribution is 2.26. The fourth-order valence-corrected chi connectivity index (χ4v) is 1.85. The maximum atomic E-state index is 5.85. The quantitative estimate of drug-likeness (QED) is 0.809. The molecule has 1 heterocycles. The molecule has 90 valence electrons. The van der Waals surface area contributed by atoms with Gasteiger partial charge in [0.2, 0.25) is 0 Å². The van der Waals surface area contributed by atoms with Gasteiger partial charge < -0.3 is 5.32 Å². The van der Waals surface area contributed by atoms with Crippen molar-refractivity contribution in [3.63, 3.8) is 0 Å². The molecule has 1 aromatic rings. The second kappa shape index (κ2) is 5.53. The summed E-state index contributed by atoms with van der Waals surface area (Å²) in [5.74, 6) is 1.63. The van der Waals surface area contributed by atoms with Crippen molar-refractivity contribution in [2.75, 3.05) is 11.2 Å². The van der Waals surface area contributed by atoms with E-state index in [9.17, 15) is 0 Å². The average Bonchev–Trinajstić information content (AvgIpc) is 2.19. The Morgan fingerprint density at radius 3 is 2.62 bits per heavy atom. The zero-order chi connectivity index (χ0) is 12.2. The molecule has 0 amide bonds. The first-order valence-corrected chi connectivity index (χ1v) is 6.22. The second-order valence-corrected chi connectivity index (χ2v) is 5.59. The van der Waals surface area contributed by atoms with Crippen LogP contribution in [0.3, 0.4) is 0 Å². The van der Waals surface area contributed by atoms with Gasteiger partial charge in [-0.1, -0.05) is 26.8 Å². The van der Waals surface area contributed by atoms with E-state index in [1.807, 2.05) is 12.3 Å². The van der Waals surface area contributed by atoms with Crippen LogP contribution in [0.5, 0.6) is 0 Å². The Morgan fingerprint density at radius 1 is 1.44 bits per heavy atom. The van der Waals surface area contributed by atoms with Crippen LogP contribution in [0.25, 0.3) is 0 Å². The third-order valence-corrected chi connectivity index (χ3v) is 2.98. The summed E-state index contributed by atoms with van der Waals surface area (Å²) in [5, 5.41) is 3.49. The standard InChI is InChI=1S/C13H21ClN2/c1-10-6-5-9-15-12(10)16-11(7-8-14)13(2,3)4/h5-6,9,11H,7-8H2,1-4H3,(H,15,16). The van der Waals surface area contributed by atoms with Crippen LogP contribution >= 0.6 is 11.6 Å². The molecule has 0 aliphatic rings. The summed E-state index contributed by atoms with van der Waals surface area (Å²) in [7, 11) is 0. The normalized spacial score (nSPS) is 13.6. The van der Waals surface area contributed by atoms with Crippen molar-refractivity contribution in [3.05, 3.63) is 23.9 Å². The van der Waals surface area contributed by atoms with E-state index in [0.717, 1.165) is 12.2 Å². The Morgan fingerprint density at radius 2 is 2.12 bits per heavy atom. The van der Waals surface area contributed by atoms with E-state index in [1.54, 1.807) is 0 Å². The Hall–Kier alpha value is -0.760. The predicted molar refractivity (Wildman–Crippen MR) is 71.2 cm³/mol. The van der Waals surface area contributed by atoms with Crippen molar-refractivity contribution in [1.29, 1.82) is 0 Å². The Labute approximate surface area is 103 Å². The van der Waals surface area contributed by atoms with Crippen LogP contribution < -0.4 is 5.32 Å². The number of aromatic nitrogens is 1. The molecule has 2 nitrogen and oxygen atoms in total. The fraction of sp³-hybridized carbons (Fsp3) is 0.615. The minimum Gasteiger partial charge on any atom is -0.367 e. The number of aryl methyl sites for hydroxylation is 1. The number of halogens is 1. The van der Waals surface area contributed by atoms with E-state index >= 15 is 0 Å². The van der Waals surface area contributed by atoms with Crippen molar-refractivity contribution in [1.82, 2.24) is 4.98 Å². The van der Waals surface area contributed by atoms with Gasteiger partial charge in [0.1, 0.15) is 5.82 Å². The number of hydrogen-bond acceptors (Lipinski definition) is 2. The van der Waals surface area contributed by atoms with E-state index in [2.05, 4.69) is 44.1 Å². The van der Waals surface area contributed by atoms with E-state index in [4.69, 9.17) is 11.6 Å². The second-order valence-electron chi connectivity index (χ2n) is 5.21. The first kappa shape index (κ1) is 13.3. The molecule has 16 heavy (non-hydrogen) atoms. The Kier molecular flexibility index (Phi) is 4.60. The van der Waals surface area contributed by atoms with Crippen LogP contribution in [0, 0.1) is 12.3 Å². The van der Waals surface area contributed by atoms with Gasteiger partial charge in [0.25, 0.3) is 0 Å². The van der Waals surface area contributed by atoms with Gasteiger partial charge >= 0.3 is 0 Å². The van der Waals surface area contributed by atoms with Crippen molar-refractivity contribution >= 4 is 17.4 Å². The minimum absolute atomic E-state index is 0.179. The van der Waals surface area contributed by atoms with Gasteiger partial charge in [-0.3, -0.25) is 0 Å². The van der Waals surface area contributed by atoms with E-state index in [-0.39, 0.29) is 5.41 Å². The molecule has 1 rings (SSSR count). The molecule has 1 unspecified atom stereocenters. The monoisotopic (exact) mass is 240 g/mol. The molecule has 0 aliphatic carbocycles. The lowest BCUT2D eigenvalue weighted by Crippen LogP contribution is -2.34. The smallest absolute Gasteiger partial charge is 0.129 e. The molecular weight excluding hydrogens is 220 g/mol. The maximum absolute atomic E-state index is 5.85. The molecule has 1 atom stereocenters. The third-order valence-electron chi connectivity index (χ3n) is 2.76. The summed E-state index contributed by atoms with van der Waals surface area (Å²) in [6, 6.07) is 4.36. The number of alkyl halides is 1. The summed E-state index contributed by atoms with van der Waals surface area (Å²) in [5.41, 5.74) is 1.35. The first-order valence-electron chi connectivity index (χ1n) is 5.69. The van der Waals surface area contributed by atoms with Gasteiger partial charge in [0.05, 0.1) is 0 Å². The zero-order valence-electron chi connectivity index (χ0n) is 10.5. The largest absolute Gasteiger partial charge is 0.367 e. The van der Waals surface area contributed by atoms with Crippen LogP contribution in [0.4, 0.5) is 5.82 Å². The number of pyridine rings is 1. The Balaban J connectivity index is 2.80. The van der Waals surface area contributed by atoms with Crippen molar-refractivity contribution in [2.24, 2.45) is 5.41 Å². The highest BCUT2D eigenvalue weighted by molar-refractivity contribution is 6.17. The highest BCUT2D eigenvalue weighted by atomic mass is 35.5. The van der Waals surface area contributed by atoms with Crippen molar-refractivity contribution in [2.45, 2.75) is 40.2 Å². The van der Waals surface area contributed by atoms with Crippen LogP contribution in [0.1, 0.15) is 32.8 Å². The summed E-state index contributed by atoms with van der Waals surface area (Å²) in [6.07, 6.45) is 2.76. The van der Waals surface area contributed by atoms with E-state index in [0.29, 0.717) is 11.9 Å². The average molecular weight is 241 g/mol. The predicted octanol–water partition coefficient (Wildman–Crippen LogP) is 3.85. The minimum atomic E-state index is 0.179. The number of hydrogen-bond donors (Lipinski definition) is 1. The Bertz CT molecular complexity index is 331. The number of nitrogens with zero attached hydrogens (tertiary/aromatic N) is 1. The van der Waals surface area contributed by atoms with Crippen molar-refractivity contribution in [3.8, 4) is 0 Å². The lowest BCUT2D eigenvalue weighted by atomic mass is 9.85. The highest BCUT2D eigenvalue weighted by Gasteiger charge is 2.24. The lowest BCUT2D eigenvalue weighted by molar-refractivity contribution is 0.334. The van der Waals surface area contributed by atoms with E-state index < -0.39 is 0 Å². The van der Waals surface area contributed by atoms with Gasteiger partial charge in [-0.05, 0) is 30.4 Å². The topological polar surface area (TPSA) is 24.9 Å². The van der Waals surface area contributed by atoms with Crippen molar-refractivity contribution < 1.29 is 0 Å². The molecule has 0 saturated heterocycles. The molecule has 1 aromatic heterocycles. The number of anilines is 1. The molecule has 0 spiro atoms. The molecule has 0 radical (unpaired) electrons. The maximum Gasteiger partial charge on any atom is 0.129 e. The lowest BCUT2D eigenvalue weighted by Gasteiger charge is -2.32. The summed E-state index contributed by atoms with van der Waals surface area (Å²) < 4.78 is 0. The van der Waals surface area contributed by atoms with Gasteiger partial charge in [-0.15, -0.1) is 11.6 Å². The molecule has 0 saturated carbocycles. The molecule has 0 bridgehead atoms. The first-order chi connectivity index (χ1) is 7.45. The van der Waals surface area contributed by atoms with Crippen LogP contribution in [-0.2, 0) is 0 Å². The molecule has 0 aromatic carbocycles. The number of nitrogens with one attached hydrogen (secondary N) is 1. The van der Waals surface area contributed by atoms with Crippen LogP contribution in [0.15, 0.2) is 18.3 Å². The summed E-state index contributed by atoms with van der Waals surface area (Å²) in [4.78, 5) is 4.36. The molecular formula is C13H21ClN2. The molecule has 0 fully saturated rings. The van der Waals surface area contributed by atoms with Crippen LogP contribution in [0.2, 0.25) is 0 Å². The summed E-state index contributed by atoms with van der Waals surface area (Å²) in [6.45, 7) is 8.72. The SMILES string of the molecule is Cc1cccnc1NC(CCCl)C(C)(C)C. The zero-order valence-corrected chi connectivity index (χ0v) is 11.3. The molecule has 3 heteroatoms. The van der Waals surface area contributed by atoms with Gasteiger partial charge in [0, 0.05) is 18.1 Å². The molecule has 1 N–H and O–H groups in total. The summed E-state index contributed by atoms with van der Waals surface area (Å²) >= 11 is 5.85. The van der Waals surface area contributed by atoms with Gasteiger partial charge in [-0.25, -0.2) is 4.98 Å². The van der Waals surface area contributed by atoms with Gasteiger partial charge in [0.15, 0.2) is 0 Å². The van der Waals surface area contributed by atoms with E-state index in [1.165, 1.54) is 5.56 Å². The third kappa shape index (κ3) is 3.67. The van der Waals surface area contributed by atoms with Gasteiger partial charge in [-0.2, -0.15) is 0 Å². The number of rotatable bonds is 4. The van der Waals surface area contributed by atoms with Crippen LogP contribution in [-0.4, -0.2) is 16.9 Å². The molecule has 0 aliphatic heterocycles.